The average molecular weight is 396 g/mol. The molecule has 130 valence electrons. The molecule has 1 heterocycles. The summed E-state index contributed by atoms with van der Waals surface area (Å²) in [4.78, 5) is 4.47. The first kappa shape index (κ1) is 17.9. The maximum atomic E-state index is 6.15. The molecule has 0 saturated heterocycles. The van der Waals surface area contributed by atoms with Crippen LogP contribution in [0.1, 0.15) is 5.56 Å². The van der Waals surface area contributed by atoms with E-state index >= 15 is 0 Å². The predicted molar refractivity (Wildman–Crippen MR) is 105 cm³/mol. The zero-order valence-corrected chi connectivity index (χ0v) is 15.9. The van der Waals surface area contributed by atoms with Gasteiger partial charge in [0.25, 0.3) is 0 Å². The largest absolute Gasteiger partial charge is 0.493 e. The number of halogens is 2. The average Bonchev–Trinajstić information content (AvgIpc) is 2.64. The monoisotopic (exact) mass is 395 g/mol. The molecule has 0 amide bonds. The van der Waals surface area contributed by atoms with Gasteiger partial charge < -0.3 is 9.47 Å². The number of hydrazone groups is 1. The summed E-state index contributed by atoms with van der Waals surface area (Å²) >= 11 is 13.6. The van der Waals surface area contributed by atoms with Gasteiger partial charge in [-0.1, -0.05) is 35.0 Å². The van der Waals surface area contributed by atoms with Gasteiger partial charge in [-0.25, -0.2) is 4.99 Å². The molecule has 0 aliphatic carbocycles. The van der Waals surface area contributed by atoms with E-state index < -0.39 is 0 Å². The molecule has 0 saturated carbocycles. The lowest BCUT2D eigenvalue weighted by molar-refractivity contribution is 0.355. The van der Waals surface area contributed by atoms with Gasteiger partial charge in [-0.2, -0.15) is 5.10 Å². The molecule has 0 radical (unpaired) electrons. The van der Waals surface area contributed by atoms with Crippen LogP contribution >= 0.6 is 35.0 Å². The van der Waals surface area contributed by atoms with Crippen LogP contribution < -0.4 is 14.9 Å². The van der Waals surface area contributed by atoms with Crippen molar-refractivity contribution in [3.63, 3.8) is 0 Å². The molecule has 5 nitrogen and oxygen atoms in total. The maximum Gasteiger partial charge on any atom is 0.182 e. The fraction of sp³-hybridized carbons (Fsp3) is 0.176. The lowest BCUT2D eigenvalue weighted by Gasteiger charge is -2.16. The number of methoxy groups -OCH3 is 2. The maximum absolute atomic E-state index is 6.15. The van der Waals surface area contributed by atoms with Gasteiger partial charge in [0.1, 0.15) is 0 Å². The normalized spacial score (nSPS) is 15.5. The van der Waals surface area contributed by atoms with Crippen LogP contribution in [0.25, 0.3) is 0 Å². The number of ether oxygens (including phenoxy) is 2. The second kappa shape index (κ2) is 7.99. The molecule has 0 bridgehead atoms. The Morgan fingerprint density at radius 1 is 1.08 bits per heavy atom. The molecule has 1 N–H and O–H groups in total. The summed E-state index contributed by atoms with van der Waals surface area (Å²) in [5, 5.41) is 6.15. The van der Waals surface area contributed by atoms with Crippen LogP contribution in [0, 0.1) is 0 Å². The van der Waals surface area contributed by atoms with Crippen molar-refractivity contribution in [1.29, 1.82) is 0 Å². The van der Waals surface area contributed by atoms with Gasteiger partial charge in [0.05, 0.1) is 30.6 Å². The highest BCUT2D eigenvalue weighted by Gasteiger charge is 2.15. The van der Waals surface area contributed by atoms with E-state index in [1.165, 1.54) is 0 Å². The van der Waals surface area contributed by atoms with Crippen molar-refractivity contribution in [3.8, 4) is 11.5 Å². The van der Waals surface area contributed by atoms with Crippen LogP contribution in [0.4, 0.5) is 5.69 Å². The molecule has 0 fully saturated rings. The van der Waals surface area contributed by atoms with Gasteiger partial charge in [0.2, 0.25) is 0 Å². The van der Waals surface area contributed by atoms with Crippen LogP contribution in [-0.2, 0) is 0 Å². The lowest BCUT2D eigenvalue weighted by Crippen LogP contribution is -2.25. The Bertz CT molecular complexity index is 856. The molecule has 0 spiro atoms. The first-order valence-corrected chi connectivity index (χ1v) is 9.06. The van der Waals surface area contributed by atoms with Gasteiger partial charge >= 0.3 is 0 Å². The molecule has 0 unspecified atom stereocenters. The van der Waals surface area contributed by atoms with Crippen molar-refractivity contribution < 1.29 is 9.47 Å². The van der Waals surface area contributed by atoms with Crippen LogP contribution in [0.5, 0.6) is 11.5 Å². The molecule has 25 heavy (non-hydrogen) atoms. The number of hydrogen-bond acceptors (Lipinski definition) is 5. The van der Waals surface area contributed by atoms with E-state index in [1.54, 1.807) is 44.2 Å². The third kappa shape index (κ3) is 4.21. The number of rotatable bonds is 4. The minimum absolute atomic E-state index is 0.497. The number of thioether (sulfide) groups is 1. The topological polar surface area (TPSA) is 55.2 Å². The molecule has 0 atom stereocenters. The Morgan fingerprint density at radius 3 is 2.52 bits per heavy atom. The fourth-order valence-electron chi connectivity index (χ4n) is 2.22. The summed E-state index contributed by atoms with van der Waals surface area (Å²) in [7, 11) is 3.22. The van der Waals surface area contributed by atoms with Crippen molar-refractivity contribution in [2.45, 2.75) is 0 Å². The van der Waals surface area contributed by atoms with Crippen molar-refractivity contribution >= 4 is 51.5 Å². The molecule has 1 aliphatic rings. The van der Waals surface area contributed by atoms with Gasteiger partial charge in [-0.05, 0) is 36.4 Å². The van der Waals surface area contributed by atoms with Crippen molar-refractivity contribution in [1.82, 2.24) is 5.43 Å². The Labute approximate surface area is 160 Å². The highest BCUT2D eigenvalue weighted by atomic mass is 35.5. The van der Waals surface area contributed by atoms with Crippen LogP contribution in [0.15, 0.2) is 46.5 Å². The van der Waals surface area contributed by atoms with Crippen molar-refractivity contribution in [2.24, 2.45) is 10.1 Å². The van der Waals surface area contributed by atoms with Crippen LogP contribution in [0.3, 0.4) is 0 Å². The number of nitrogens with zero attached hydrogens (tertiary/aromatic N) is 2. The van der Waals surface area contributed by atoms with E-state index in [0.717, 1.165) is 11.3 Å². The Kier molecular flexibility index (Phi) is 5.73. The van der Waals surface area contributed by atoms with E-state index in [-0.39, 0.29) is 0 Å². The number of nitrogens with one attached hydrogen (secondary N) is 1. The van der Waals surface area contributed by atoms with E-state index in [0.29, 0.717) is 38.2 Å². The first-order chi connectivity index (χ1) is 12.1. The Morgan fingerprint density at radius 2 is 1.88 bits per heavy atom. The van der Waals surface area contributed by atoms with E-state index in [9.17, 15) is 0 Å². The minimum Gasteiger partial charge on any atom is -0.493 e. The molecular weight excluding hydrogens is 381 g/mol. The van der Waals surface area contributed by atoms with E-state index in [2.05, 4.69) is 15.5 Å². The fourth-order valence-corrected chi connectivity index (χ4v) is 3.45. The zero-order valence-electron chi connectivity index (χ0n) is 13.5. The Hall–Kier alpha value is -1.89. The van der Waals surface area contributed by atoms with Gasteiger partial charge in [-0.3, -0.25) is 5.43 Å². The molecule has 8 heteroatoms. The molecule has 2 aromatic carbocycles. The summed E-state index contributed by atoms with van der Waals surface area (Å²) in [6, 6.07) is 10.9. The smallest absolute Gasteiger partial charge is 0.182 e. The molecular formula is C17H15Cl2N3O2S. The lowest BCUT2D eigenvalue weighted by atomic mass is 10.1. The first-order valence-electron chi connectivity index (χ1n) is 7.32. The second-order valence-electron chi connectivity index (χ2n) is 5.04. The van der Waals surface area contributed by atoms with Crippen molar-refractivity contribution in [2.75, 3.05) is 20.0 Å². The van der Waals surface area contributed by atoms with Crippen LogP contribution in [-0.4, -0.2) is 30.9 Å². The Balaban J connectivity index is 1.79. The van der Waals surface area contributed by atoms with Gasteiger partial charge in [-0.15, -0.1) is 0 Å². The van der Waals surface area contributed by atoms with Gasteiger partial charge in [0, 0.05) is 16.3 Å². The number of amidine groups is 1. The quantitative estimate of drug-likeness (QED) is 0.811. The third-order valence-electron chi connectivity index (χ3n) is 3.48. The number of benzene rings is 2. The SMILES string of the molecule is COc1ccc(C2=NNC(=Nc3ccc(Cl)cc3Cl)SC2)cc1OC. The summed E-state index contributed by atoms with van der Waals surface area (Å²) in [5.74, 6) is 2.02. The second-order valence-corrected chi connectivity index (χ2v) is 6.85. The molecule has 1 aliphatic heterocycles. The van der Waals surface area contributed by atoms with E-state index in [1.807, 2.05) is 18.2 Å². The molecule has 0 aromatic heterocycles. The molecule has 3 rings (SSSR count). The van der Waals surface area contributed by atoms with Crippen molar-refractivity contribution in [3.05, 3.63) is 52.0 Å². The third-order valence-corrected chi connectivity index (χ3v) is 4.89. The minimum atomic E-state index is 0.497. The van der Waals surface area contributed by atoms with E-state index in [4.69, 9.17) is 32.7 Å². The summed E-state index contributed by atoms with van der Waals surface area (Å²) in [6.07, 6.45) is 0. The summed E-state index contributed by atoms with van der Waals surface area (Å²) in [5.41, 5.74) is 5.46. The number of hydrogen-bond donors (Lipinski definition) is 1. The number of aliphatic imine (C=N–C) groups is 1. The summed E-state index contributed by atoms with van der Waals surface area (Å²) in [6.45, 7) is 0. The molecule has 2 aromatic rings. The summed E-state index contributed by atoms with van der Waals surface area (Å²) < 4.78 is 10.6. The predicted octanol–water partition coefficient (Wildman–Crippen LogP) is 4.74. The standard InChI is InChI=1S/C17H15Cl2N3O2S/c1-23-15-6-3-10(7-16(15)24-2)14-9-25-17(22-21-14)20-13-5-4-11(18)8-12(13)19/h3-8H,9H2,1-2H3,(H,20,22). The highest BCUT2D eigenvalue weighted by Crippen LogP contribution is 2.30. The van der Waals surface area contributed by atoms with Crippen LogP contribution in [0.2, 0.25) is 10.0 Å². The highest BCUT2D eigenvalue weighted by molar-refractivity contribution is 8.14. The van der Waals surface area contributed by atoms with Gasteiger partial charge in [0.15, 0.2) is 16.7 Å². The zero-order chi connectivity index (χ0) is 17.8.